The number of hydrogen-bond donors (Lipinski definition) is 0. The molecular formula is C15H22OTi. The number of benzene rings is 1. The Hall–Kier alpha value is -0.786. The number of para-hydroxylation sites is 1. The van der Waals surface area contributed by atoms with Crippen LogP contribution in [-0.4, -0.2) is 0 Å². The molecule has 0 aromatic heterocycles. The van der Waals surface area contributed by atoms with Gasteiger partial charge in [0.25, 0.3) is 0 Å². The molecule has 0 saturated carbocycles. The third-order valence-electron chi connectivity index (χ3n) is 3.55. The van der Waals surface area contributed by atoms with Crippen molar-refractivity contribution >= 4 is 0 Å². The second-order valence-corrected chi connectivity index (χ2v) is 25.1. The van der Waals surface area contributed by atoms with Crippen LogP contribution in [0.5, 0.6) is 5.75 Å². The molecule has 1 aromatic carbocycles. The standard InChI is InChI=1S/C6H6O.C5H5.4CH3.Ti/c7-6-4-2-1-3-5-6;1-2-4-5-3-1;;;;;/h1-5,7H;1-5H;4*1H3;/q;;;;;;+1/p-1. The second-order valence-electron chi connectivity index (χ2n) is 7.80. The second kappa shape index (κ2) is 3.37. The van der Waals surface area contributed by atoms with E-state index in [2.05, 4.69) is 45.2 Å². The molecule has 92 valence electrons. The van der Waals surface area contributed by atoms with Crippen LogP contribution >= 0.6 is 0 Å². The molecule has 0 spiro atoms. The van der Waals surface area contributed by atoms with Crippen LogP contribution in [0.2, 0.25) is 25.1 Å². The molecule has 0 amide bonds. The van der Waals surface area contributed by atoms with Crippen LogP contribution in [0.1, 0.15) is 0 Å². The van der Waals surface area contributed by atoms with Crippen molar-refractivity contribution in [3.8, 4) is 5.75 Å². The van der Waals surface area contributed by atoms with Crippen LogP contribution in [0.15, 0.2) is 54.6 Å². The molecule has 0 heterocycles. The molecule has 1 aliphatic carbocycles. The Labute approximate surface area is 103 Å². The summed E-state index contributed by atoms with van der Waals surface area (Å²) >= 11 is -3.49. The molecular weight excluding hydrogens is 244 g/mol. The minimum atomic E-state index is -3.49. The van der Waals surface area contributed by atoms with E-state index in [1.165, 1.54) is 0 Å². The van der Waals surface area contributed by atoms with Gasteiger partial charge in [-0.15, -0.1) is 0 Å². The molecule has 1 aliphatic rings. The summed E-state index contributed by atoms with van der Waals surface area (Å²) in [6.07, 6.45) is 8.80. The van der Waals surface area contributed by atoms with Gasteiger partial charge in [-0.3, -0.25) is 0 Å². The molecule has 0 aliphatic heterocycles. The SMILES string of the molecule is [CH3][Ti]([CH3])([CH3])([CH3])([O]c1ccccc1)[CH]1C=CC=C1. The molecule has 1 aromatic rings. The maximum atomic E-state index is 6.55. The quantitative estimate of drug-likeness (QED) is 0.673. The summed E-state index contributed by atoms with van der Waals surface area (Å²) in [6, 6.07) is 10.2. The van der Waals surface area contributed by atoms with Crippen molar-refractivity contribution in [2.24, 2.45) is 0 Å². The Morgan fingerprint density at radius 1 is 0.882 bits per heavy atom. The van der Waals surface area contributed by atoms with Crippen molar-refractivity contribution < 1.29 is 17.7 Å². The van der Waals surface area contributed by atoms with Crippen LogP contribution < -0.4 is 3.32 Å². The van der Waals surface area contributed by atoms with Gasteiger partial charge in [-0.05, 0) is 0 Å². The molecule has 0 N–H and O–H groups in total. The van der Waals surface area contributed by atoms with E-state index >= 15 is 0 Å². The first kappa shape index (κ1) is 12.7. The first-order chi connectivity index (χ1) is 7.70. The van der Waals surface area contributed by atoms with Crippen molar-refractivity contribution in [3.05, 3.63) is 54.6 Å². The van der Waals surface area contributed by atoms with Gasteiger partial charge in [0.15, 0.2) is 0 Å². The van der Waals surface area contributed by atoms with E-state index in [1.54, 1.807) is 0 Å². The summed E-state index contributed by atoms with van der Waals surface area (Å²) in [5, 5.41) is 9.38. The van der Waals surface area contributed by atoms with Gasteiger partial charge in [-0.25, -0.2) is 0 Å². The monoisotopic (exact) mass is 266 g/mol. The van der Waals surface area contributed by atoms with E-state index in [0.29, 0.717) is 4.22 Å². The van der Waals surface area contributed by atoms with Crippen molar-refractivity contribution in [3.63, 3.8) is 0 Å². The summed E-state index contributed by atoms with van der Waals surface area (Å²) in [5.74, 6) is 0.987. The van der Waals surface area contributed by atoms with Gasteiger partial charge in [0, 0.05) is 0 Å². The zero-order chi connectivity index (χ0) is 12.6. The van der Waals surface area contributed by atoms with E-state index in [0.717, 1.165) is 5.75 Å². The molecule has 17 heavy (non-hydrogen) atoms. The molecule has 0 radical (unpaired) electrons. The first-order valence-corrected chi connectivity index (χ1v) is 14.1. The topological polar surface area (TPSA) is 9.23 Å². The van der Waals surface area contributed by atoms with Crippen molar-refractivity contribution in [2.75, 3.05) is 0 Å². The Morgan fingerprint density at radius 2 is 1.41 bits per heavy atom. The summed E-state index contributed by atoms with van der Waals surface area (Å²) < 4.78 is 6.99. The average molecular weight is 266 g/mol. The van der Waals surface area contributed by atoms with E-state index in [-0.39, 0.29) is 0 Å². The predicted octanol–water partition coefficient (Wildman–Crippen LogP) is 5.31. The molecule has 0 bridgehead atoms. The molecule has 1 nitrogen and oxygen atoms in total. The fraction of sp³-hybridized carbons (Fsp3) is 0.333. The summed E-state index contributed by atoms with van der Waals surface area (Å²) in [5.41, 5.74) is 0. The van der Waals surface area contributed by atoms with Crippen molar-refractivity contribution in [2.45, 2.75) is 25.1 Å². The van der Waals surface area contributed by atoms with Crippen LogP contribution in [0.4, 0.5) is 0 Å². The van der Waals surface area contributed by atoms with E-state index in [9.17, 15) is 0 Å². The summed E-state index contributed by atoms with van der Waals surface area (Å²) in [7, 11) is 0. The Kier molecular flexibility index (Phi) is 2.51. The van der Waals surface area contributed by atoms with Gasteiger partial charge in [-0.1, -0.05) is 0 Å². The maximum absolute atomic E-state index is 6.55. The van der Waals surface area contributed by atoms with Crippen LogP contribution in [0.3, 0.4) is 0 Å². The van der Waals surface area contributed by atoms with Gasteiger partial charge in [0.05, 0.1) is 0 Å². The average Bonchev–Trinajstić information content (AvgIpc) is 2.70. The van der Waals surface area contributed by atoms with E-state index < -0.39 is 14.4 Å². The van der Waals surface area contributed by atoms with Gasteiger partial charge < -0.3 is 0 Å². The van der Waals surface area contributed by atoms with Crippen LogP contribution in [-0.2, 0) is 14.4 Å². The van der Waals surface area contributed by atoms with Crippen LogP contribution in [0, 0.1) is 0 Å². The molecule has 0 unspecified atom stereocenters. The fourth-order valence-corrected chi connectivity index (χ4v) is 7.48. The molecule has 0 atom stereocenters. The molecule has 0 saturated heterocycles. The number of allylic oxidation sites excluding steroid dienone is 4. The molecule has 2 heteroatoms. The third-order valence-corrected chi connectivity index (χ3v) is 10.6. The van der Waals surface area contributed by atoms with Crippen molar-refractivity contribution in [1.29, 1.82) is 0 Å². The minimum absolute atomic E-state index is 0.440. The molecule has 0 fully saturated rings. The zero-order valence-electron chi connectivity index (χ0n) is 11.2. The Morgan fingerprint density at radius 3 is 1.94 bits per heavy atom. The summed E-state index contributed by atoms with van der Waals surface area (Å²) in [4.78, 5) is 0. The zero-order valence-corrected chi connectivity index (χ0v) is 12.7. The molecule has 2 rings (SSSR count). The normalized spacial score (nSPS) is 20.0. The van der Waals surface area contributed by atoms with Gasteiger partial charge in [0.2, 0.25) is 0 Å². The van der Waals surface area contributed by atoms with Gasteiger partial charge >= 0.3 is 103 Å². The van der Waals surface area contributed by atoms with Crippen molar-refractivity contribution in [1.82, 2.24) is 0 Å². The van der Waals surface area contributed by atoms with Crippen LogP contribution in [0.25, 0.3) is 0 Å². The number of rotatable bonds is 3. The Bertz CT molecular complexity index is 463. The van der Waals surface area contributed by atoms with E-state index in [1.807, 2.05) is 30.3 Å². The Balaban J connectivity index is 2.39. The third kappa shape index (κ3) is 2.73. The van der Waals surface area contributed by atoms with Gasteiger partial charge in [-0.2, -0.15) is 0 Å². The number of hydrogen-bond acceptors (Lipinski definition) is 1. The van der Waals surface area contributed by atoms with E-state index in [4.69, 9.17) is 3.32 Å². The fourth-order valence-electron chi connectivity index (χ4n) is 2.38. The van der Waals surface area contributed by atoms with Gasteiger partial charge in [0.1, 0.15) is 0 Å². The predicted molar refractivity (Wildman–Crippen MR) is 72.6 cm³/mol. The first-order valence-electron chi connectivity index (χ1n) is 6.27. The summed E-state index contributed by atoms with van der Waals surface area (Å²) in [6.45, 7) is 0.